The van der Waals surface area contributed by atoms with Gasteiger partial charge in [-0.2, -0.15) is 13.2 Å². The normalized spacial score (nSPS) is 21.0. The summed E-state index contributed by atoms with van der Waals surface area (Å²) in [6.45, 7) is 0. The largest absolute Gasteiger partial charge is 0.490 e. The predicted molar refractivity (Wildman–Crippen MR) is 70.8 cm³/mol. The molecule has 1 amide bonds. The van der Waals surface area contributed by atoms with E-state index in [4.69, 9.17) is 15.6 Å². The summed E-state index contributed by atoms with van der Waals surface area (Å²) < 4.78 is 31.7. The Hall–Kier alpha value is -1.35. The molecule has 0 aromatic carbocycles. The molecule has 0 aromatic heterocycles. The summed E-state index contributed by atoms with van der Waals surface area (Å²) in [7, 11) is 0. The first kappa shape index (κ1) is 18.7. The summed E-state index contributed by atoms with van der Waals surface area (Å²) in [5.41, 5.74) is 5.81. The Labute approximate surface area is 125 Å². The molecule has 22 heavy (non-hydrogen) atoms. The van der Waals surface area contributed by atoms with Gasteiger partial charge in [0, 0.05) is 12.1 Å². The number of rotatable bonds is 5. The van der Waals surface area contributed by atoms with E-state index in [9.17, 15) is 23.1 Å². The summed E-state index contributed by atoms with van der Waals surface area (Å²) >= 11 is 0. The van der Waals surface area contributed by atoms with E-state index >= 15 is 0 Å². The first-order valence-corrected chi connectivity index (χ1v) is 7.15. The maximum Gasteiger partial charge on any atom is 0.490 e. The van der Waals surface area contributed by atoms with Crippen LogP contribution in [0, 0.1) is 5.92 Å². The number of carboxylic acids is 1. The Bertz CT molecular complexity index is 395. The molecule has 2 atom stereocenters. The Balaban J connectivity index is 0.000000295. The molecule has 0 aliphatic heterocycles. The summed E-state index contributed by atoms with van der Waals surface area (Å²) in [4.78, 5) is 20.4. The SMILES string of the molecule is N[C@@H](CC1CCC1)C(O)C(=O)NC1CC1.O=C(O)C(F)(F)F. The molecule has 0 bridgehead atoms. The minimum Gasteiger partial charge on any atom is -0.475 e. The number of aliphatic hydroxyl groups excluding tert-OH is 1. The smallest absolute Gasteiger partial charge is 0.475 e. The second kappa shape index (κ2) is 7.77. The number of carbonyl (C=O) groups excluding carboxylic acids is 1. The Morgan fingerprint density at radius 2 is 1.73 bits per heavy atom. The fourth-order valence-electron chi connectivity index (χ4n) is 1.95. The molecule has 6 nitrogen and oxygen atoms in total. The van der Waals surface area contributed by atoms with Gasteiger partial charge in [-0.25, -0.2) is 4.79 Å². The molecule has 5 N–H and O–H groups in total. The molecule has 2 fully saturated rings. The van der Waals surface area contributed by atoms with Gasteiger partial charge in [-0.3, -0.25) is 4.79 Å². The number of carboxylic acid groups (broad SMARTS) is 1. The molecule has 2 aliphatic carbocycles. The van der Waals surface area contributed by atoms with Gasteiger partial charge in [0.05, 0.1) is 0 Å². The number of aliphatic carboxylic acids is 1. The van der Waals surface area contributed by atoms with Crippen LogP contribution in [0.25, 0.3) is 0 Å². The van der Waals surface area contributed by atoms with E-state index in [-0.39, 0.29) is 5.91 Å². The van der Waals surface area contributed by atoms with Gasteiger partial charge in [-0.05, 0) is 25.2 Å². The van der Waals surface area contributed by atoms with Gasteiger partial charge in [0.1, 0.15) is 6.10 Å². The number of nitrogens with two attached hydrogens (primary N) is 1. The number of nitrogens with one attached hydrogen (secondary N) is 1. The first-order chi connectivity index (χ1) is 10.1. The van der Waals surface area contributed by atoms with Crippen molar-refractivity contribution in [3.05, 3.63) is 0 Å². The van der Waals surface area contributed by atoms with Crippen molar-refractivity contribution in [1.82, 2.24) is 5.32 Å². The number of hydrogen-bond acceptors (Lipinski definition) is 4. The third-order valence-electron chi connectivity index (χ3n) is 3.67. The number of amides is 1. The van der Waals surface area contributed by atoms with Crippen molar-refractivity contribution < 1.29 is 33.0 Å². The second-order valence-corrected chi connectivity index (χ2v) is 5.73. The Morgan fingerprint density at radius 1 is 1.23 bits per heavy atom. The van der Waals surface area contributed by atoms with E-state index in [1.807, 2.05) is 0 Å². The maximum atomic E-state index is 11.5. The Kier molecular flexibility index (Phi) is 6.61. The van der Waals surface area contributed by atoms with Gasteiger partial charge >= 0.3 is 12.1 Å². The van der Waals surface area contributed by atoms with Gasteiger partial charge < -0.3 is 21.3 Å². The molecule has 0 saturated heterocycles. The minimum atomic E-state index is -5.08. The van der Waals surface area contributed by atoms with E-state index in [1.165, 1.54) is 19.3 Å². The predicted octanol–water partition coefficient (Wildman–Crippen LogP) is 0.777. The third kappa shape index (κ3) is 6.61. The van der Waals surface area contributed by atoms with Crippen molar-refractivity contribution in [2.45, 2.75) is 62.9 Å². The number of alkyl halides is 3. The van der Waals surface area contributed by atoms with Gasteiger partial charge in [0.25, 0.3) is 5.91 Å². The lowest BCUT2D eigenvalue weighted by Crippen LogP contribution is -2.48. The van der Waals surface area contributed by atoms with E-state index < -0.39 is 24.3 Å². The monoisotopic (exact) mass is 326 g/mol. The van der Waals surface area contributed by atoms with Crippen LogP contribution in [-0.4, -0.2) is 46.5 Å². The summed E-state index contributed by atoms with van der Waals surface area (Å²) in [5, 5.41) is 19.6. The van der Waals surface area contributed by atoms with Crippen LogP contribution in [0.4, 0.5) is 13.2 Å². The third-order valence-corrected chi connectivity index (χ3v) is 3.67. The van der Waals surface area contributed by atoms with E-state index in [2.05, 4.69) is 5.32 Å². The van der Waals surface area contributed by atoms with Crippen molar-refractivity contribution in [3.63, 3.8) is 0 Å². The molecule has 0 radical (unpaired) electrons. The zero-order valence-corrected chi connectivity index (χ0v) is 12.0. The summed E-state index contributed by atoms with van der Waals surface area (Å²) in [6.07, 6.45) is 0.411. The maximum absolute atomic E-state index is 11.5. The van der Waals surface area contributed by atoms with E-state index in [0.29, 0.717) is 12.0 Å². The Morgan fingerprint density at radius 3 is 2.05 bits per heavy atom. The minimum absolute atomic E-state index is 0.288. The molecule has 0 spiro atoms. The highest BCUT2D eigenvalue weighted by Crippen LogP contribution is 2.30. The number of hydrogen-bond donors (Lipinski definition) is 4. The van der Waals surface area contributed by atoms with E-state index in [1.54, 1.807) is 0 Å². The number of aliphatic hydroxyl groups is 1. The van der Waals surface area contributed by atoms with Crippen LogP contribution in [-0.2, 0) is 9.59 Å². The van der Waals surface area contributed by atoms with Crippen LogP contribution in [0.1, 0.15) is 38.5 Å². The molecule has 2 saturated carbocycles. The average Bonchev–Trinajstić information content (AvgIpc) is 3.16. The lowest BCUT2D eigenvalue weighted by molar-refractivity contribution is -0.192. The second-order valence-electron chi connectivity index (χ2n) is 5.73. The molecular formula is C13H21F3N2O4. The molecule has 0 aromatic rings. The van der Waals surface area contributed by atoms with Gasteiger partial charge in [0.15, 0.2) is 0 Å². The quantitative estimate of drug-likeness (QED) is 0.596. The van der Waals surface area contributed by atoms with Crippen LogP contribution in [0.2, 0.25) is 0 Å². The molecule has 128 valence electrons. The van der Waals surface area contributed by atoms with Crippen LogP contribution in [0.3, 0.4) is 0 Å². The summed E-state index contributed by atoms with van der Waals surface area (Å²) in [6, 6.07) is -0.0999. The zero-order valence-electron chi connectivity index (χ0n) is 12.0. The molecule has 2 rings (SSSR count). The van der Waals surface area contributed by atoms with Crippen LogP contribution in [0.5, 0.6) is 0 Å². The molecule has 2 aliphatic rings. The number of halogens is 3. The zero-order chi connectivity index (χ0) is 16.9. The highest BCUT2D eigenvalue weighted by atomic mass is 19.4. The molecular weight excluding hydrogens is 305 g/mol. The average molecular weight is 326 g/mol. The number of carbonyl (C=O) groups is 2. The standard InChI is InChI=1S/C11H20N2O2.C2HF3O2/c12-9(6-7-2-1-3-7)10(14)11(15)13-8-4-5-8;3-2(4,5)1(6)7/h7-10,14H,1-6,12H2,(H,13,15);(H,6,7)/t9-,10?;/m0./s1. The fourth-order valence-corrected chi connectivity index (χ4v) is 1.95. The first-order valence-electron chi connectivity index (χ1n) is 7.15. The molecule has 1 unspecified atom stereocenters. The van der Waals surface area contributed by atoms with Crippen LogP contribution < -0.4 is 11.1 Å². The van der Waals surface area contributed by atoms with Crippen molar-refractivity contribution in [3.8, 4) is 0 Å². The summed E-state index contributed by atoms with van der Waals surface area (Å²) in [5.74, 6) is -2.42. The molecule has 0 heterocycles. The van der Waals surface area contributed by atoms with Crippen molar-refractivity contribution in [1.29, 1.82) is 0 Å². The topological polar surface area (TPSA) is 113 Å². The molecule has 9 heteroatoms. The highest BCUT2D eigenvalue weighted by Gasteiger charge is 2.38. The van der Waals surface area contributed by atoms with Crippen LogP contribution in [0.15, 0.2) is 0 Å². The van der Waals surface area contributed by atoms with Gasteiger partial charge in [0.2, 0.25) is 0 Å². The fraction of sp³-hybridized carbons (Fsp3) is 0.846. The van der Waals surface area contributed by atoms with E-state index in [0.717, 1.165) is 19.3 Å². The van der Waals surface area contributed by atoms with Crippen LogP contribution >= 0.6 is 0 Å². The van der Waals surface area contributed by atoms with Crippen molar-refractivity contribution >= 4 is 11.9 Å². The van der Waals surface area contributed by atoms with Crippen molar-refractivity contribution in [2.24, 2.45) is 11.7 Å². The van der Waals surface area contributed by atoms with Gasteiger partial charge in [-0.15, -0.1) is 0 Å². The van der Waals surface area contributed by atoms with Crippen molar-refractivity contribution in [2.75, 3.05) is 0 Å². The lowest BCUT2D eigenvalue weighted by Gasteiger charge is -2.29. The highest BCUT2D eigenvalue weighted by molar-refractivity contribution is 5.81. The van der Waals surface area contributed by atoms with Gasteiger partial charge in [-0.1, -0.05) is 19.3 Å². The lowest BCUT2D eigenvalue weighted by atomic mass is 9.80.